The normalized spacial score (nSPS) is 13.8. The van der Waals surface area contributed by atoms with Gasteiger partial charge in [-0.3, -0.25) is 0 Å². The van der Waals surface area contributed by atoms with Gasteiger partial charge in [0, 0.05) is 12.0 Å². The molecule has 0 spiro atoms. The topological polar surface area (TPSA) is 18.5 Å². The lowest BCUT2D eigenvalue weighted by atomic mass is 9.96. The van der Waals surface area contributed by atoms with Gasteiger partial charge in [0.2, 0.25) is 0 Å². The average Bonchev–Trinajstić information content (AvgIpc) is 2.70. The summed E-state index contributed by atoms with van der Waals surface area (Å²) < 4.78 is 11.0. The first-order valence-corrected chi connectivity index (χ1v) is 6.45. The molecule has 0 amide bonds. The Balaban J connectivity index is 2.05. The SMILES string of the molecule is COc1ccc(C2=CCCOc3ccccc32)cc1. The van der Waals surface area contributed by atoms with E-state index in [2.05, 4.69) is 24.3 Å². The third-order valence-corrected chi connectivity index (χ3v) is 3.30. The molecule has 1 aliphatic rings. The molecule has 2 nitrogen and oxygen atoms in total. The van der Waals surface area contributed by atoms with Crippen LogP contribution in [0.15, 0.2) is 54.6 Å². The van der Waals surface area contributed by atoms with Crippen molar-refractivity contribution in [2.45, 2.75) is 6.42 Å². The molecule has 2 aromatic carbocycles. The summed E-state index contributed by atoms with van der Waals surface area (Å²) in [6.45, 7) is 0.733. The molecule has 0 saturated carbocycles. The van der Waals surface area contributed by atoms with Crippen LogP contribution >= 0.6 is 0 Å². The van der Waals surface area contributed by atoms with E-state index in [0.717, 1.165) is 30.1 Å². The van der Waals surface area contributed by atoms with Crippen LogP contribution in [0.1, 0.15) is 17.5 Å². The zero-order chi connectivity index (χ0) is 13.1. The van der Waals surface area contributed by atoms with Crippen molar-refractivity contribution in [2.75, 3.05) is 13.7 Å². The molecule has 2 aromatic rings. The van der Waals surface area contributed by atoms with Gasteiger partial charge in [-0.2, -0.15) is 0 Å². The molecular weight excluding hydrogens is 236 g/mol. The van der Waals surface area contributed by atoms with Crippen molar-refractivity contribution in [1.29, 1.82) is 0 Å². The summed E-state index contributed by atoms with van der Waals surface area (Å²) in [5.41, 5.74) is 3.58. The molecule has 0 fully saturated rings. The number of rotatable bonds is 2. The highest BCUT2D eigenvalue weighted by Gasteiger charge is 2.13. The number of hydrogen-bond donors (Lipinski definition) is 0. The van der Waals surface area contributed by atoms with Crippen molar-refractivity contribution in [2.24, 2.45) is 0 Å². The van der Waals surface area contributed by atoms with Crippen molar-refractivity contribution in [3.8, 4) is 11.5 Å². The van der Waals surface area contributed by atoms with Crippen molar-refractivity contribution < 1.29 is 9.47 Å². The smallest absolute Gasteiger partial charge is 0.127 e. The second kappa shape index (κ2) is 5.19. The number of methoxy groups -OCH3 is 1. The minimum Gasteiger partial charge on any atom is -0.497 e. The molecule has 0 radical (unpaired) electrons. The van der Waals surface area contributed by atoms with Gasteiger partial charge < -0.3 is 9.47 Å². The monoisotopic (exact) mass is 252 g/mol. The van der Waals surface area contributed by atoms with Gasteiger partial charge in [-0.1, -0.05) is 36.4 Å². The predicted octanol–water partition coefficient (Wildman–Crippen LogP) is 3.91. The summed E-state index contributed by atoms with van der Waals surface area (Å²) >= 11 is 0. The van der Waals surface area contributed by atoms with Crippen LogP contribution in [0.2, 0.25) is 0 Å². The Hall–Kier alpha value is -2.22. The highest BCUT2D eigenvalue weighted by molar-refractivity contribution is 5.83. The van der Waals surface area contributed by atoms with Gasteiger partial charge in [0.05, 0.1) is 13.7 Å². The lowest BCUT2D eigenvalue weighted by Gasteiger charge is -2.11. The number of fused-ring (bicyclic) bond motifs is 1. The van der Waals surface area contributed by atoms with Crippen molar-refractivity contribution in [3.63, 3.8) is 0 Å². The number of hydrogen-bond acceptors (Lipinski definition) is 2. The third-order valence-electron chi connectivity index (χ3n) is 3.30. The first-order chi connectivity index (χ1) is 9.38. The van der Waals surface area contributed by atoms with E-state index < -0.39 is 0 Å². The van der Waals surface area contributed by atoms with E-state index >= 15 is 0 Å². The Kier molecular flexibility index (Phi) is 3.23. The van der Waals surface area contributed by atoms with E-state index in [1.807, 2.05) is 30.3 Å². The van der Waals surface area contributed by atoms with E-state index in [1.54, 1.807) is 7.11 Å². The quantitative estimate of drug-likeness (QED) is 0.806. The molecular formula is C17H16O2. The molecule has 1 aliphatic heterocycles. The lowest BCUT2D eigenvalue weighted by Crippen LogP contribution is -1.95. The van der Waals surface area contributed by atoms with Crippen LogP contribution < -0.4 is 9.47 Å². The van der Waals surface area contributed by atoms with Crippen molar-refractivity contribution >= 4 is 5.57 Å². The minimum atomic E-state index is 0.733. The zero-order valence-corrected chi connectivity index (χ0v) is 10.9. The Morgan fingerprint density at radius 3 is 2.58 bits per heavy atom. The first-order valence-electron chi connectivity index (χ1n) is 6.45. The number of para-hydroxylation sites is 1. The van der Waals surface area contributed by atoms with Crippen LogP contribution in [0.4, 0.5) is 0 Å². The van der Waals surface area contributed by atoms with E-state index in [1.165, 1.54) is 11.1 Å². The van der Waals surface area contributed by atoms with Gasteiger partial charge in [0.1, 0.15) is 11.5 Å². The fourth-order valence-corrected chi connectivity index (χ4v) is 2.34. The van der Waals surface area contributed by atoms with Crippen LogP contribution in [0.5, 0.6) is 11.5 Å². The molecule has 1 heterocycles. The summed E-state index contributed by atoms with van der Waals surface area (Å²) in [6.07, 6.45) is 3.17. The Morgan fingerprint density at radius 1 is 1.00 bits per heavy atom. The fourth-order valence-electron chi connectivity index (χ4n) is 2.34. The molecule has 96 valence electrons. The van der Waals surface area contributed by atoms with Crippen molar-refractivity contribution in [3.05, 3.63) is 65.7 Å². The summed E-state index contributed by atoms with van der Waals surface area (Å²) in [7, 11) is 1.68. The Bertz CT molecular complexity index is 597. The van der Waals surface area contributed by atoms with E-state index in [9.17, 15) is 0 Å². The van der Waals surface area contributed by atoms with Crippen LogP contribution in [0.3, 0.4) is 0 Å². The summed E-state index contributed by atoms with van der Waals surface area (Å²) in [6, 6.07) is 16.4. The molecule has 2 heteroatoms. The Morgan fingerprint density at radius 2 is 1.79 bits per heavy atom. The van der Waals surface area contributed by atoms with Gasteiger partial charge in [-0.15, -0.1) is 0 Å². The maximum Gasteiger partial charge on any atom is 0.127 e. The fraction of sp³-hybridized carbons (Fsp3) is 0.176. The zero-order valence-electron chi connectivity index (χ0n) is 10.9. The van der Waals surface area contributed by atoms with E-state index in [4.69, 9.17) is 9.47 Å². The van der Waals surface area contributed by atoms with E-state index in [0.29, 0.717) is 0 Å². The highest BCUT2D eigenvalue weighted by atomic mass is 16.5. The van der Waals surface area contributed by atoms with Gasteiger partial charge in [0.25, 0.3) is 0 Å². The van der Waals surface area contributed by atoms with E-state index in [-0.39, 0.29) is 0 Å². The number of ether oxygens (including phenoxy) is 2. The predicted molar refractivity (Wildman–Crippen MR) is 76.6 cm³/mol. The molecule has 0 atom stereocenters. The largest absolute Gasteiger partial charge is 0.497 e. The van der Waals surface area contributed by atoms with Crippen LogP contribution in [-0.2, 0) is 0 Å². The first kappa shape index (κ1) is 11.8. The summed E-state index contributed by atoms with van der Waals surface area (Å²) in [4.78, 5) is 0. The second-order valence-electron chi connectivity index (χ2n) is 4.48. The van der Waals surface area contributed by atoms with Gasteiger partial charge in [-0.05, 0) is 29.3 Å². The molecule has 0 aromatic heterocycles. The summed E-state index contributed by atoms with van der Waals surface area (Å²) in [5.74, 6) is 1.84. The molecule has 19 heavy (non-hydrogen) atoms. The molecule has 0 N–H and O–H groups in total. The van der Waals surface area contributed by atoms with Gasteiger partial charge in [-0.25, -0.2) is 0 Å². The molecule has 0 bridgehead atoms. The highest BCUT2D eigenvalue weighted by Crippen LogP contribution is 2.33. The maximum atomic E-state index is 5.77. The van der Waals surface area contributed by atoms with Crippen molar-refractivity contribution in [1.82, 2.24) is 0 Å². The second-order valence-corrected chi connectivity index (χ2v) is 4.48. The van der Waals surface area contributed by atoms with Crippen LogP contribution in [-0.4, -0.2) is 13.7 Å². The van der Waals surface area contributed by atoms with Gasteiger partial charge in [0.15, 0.2) is 0 Å². The third kappa shape index (κ3) is 2.34. The van der Waals surface area contributed by atoms with Gasteiger partial charge >= 0.3 is 0 Å². The molecule has 0 unspecified atom stereocenters. The molecule has 0 aliphatic carbocycles. The Labute approximate surface area is 113 Å². The van der Waals surface area contributed by atoms with Crippen LogP contribution in [0.25, 0.3) is 5.57 Å². The lowest BCUT2D eigenvalue weighted by molar-refractivity contribution is 0.326. The standard InChI is InChI=1S/C17H16O2/c1-18-14-10-8-13(9-11-14)15-6-4-12-19-17-7-3-2-5-16(15)17/h2-3,5-11H,4,12H2,1H3. The minimum absolute atomic E-state index is 0.733. The van der Waals surface area contributed by atoms with Crippen LogP contribution in [0, 0.1) is 0 Å². The average molecular weight is 252 g/mol. The molecule has 3 rings (SSSR count). The molecule has 0 saturated heterocycles. The summed E-state index contributed by atoms with van der Waals surface area (Å²) in [5, 5.41) is 0. The number of benzene rings is 2. The maximum absolute atomic E-state index is 5.77.